The number of Topliss-reactive ketones (excluding diaryl/α,β-unsaturated/α-hetero) is 1. The van der Waals surface area contributed by atoms with Crippen molar-refractivity contribution in [2.45, 2.75) is 6.54 Å². The van der Waals surface area contributed by atoms with Crippen LogP contribution in [0.4, 0.5) is 0 Å². The number of hydrogen-bond donors (Lipinski definition) is 1. The largest absolute Gasteiger partial charge is 0.465 e. The first-order valence-electron chi connectivity index (χ1n) is 11.5. The molecule has 0 atom stereocenters. The molecule has 37 heavy (non-hydrogen) atoms. The van der Waals surface area contributed by atoms with Crippen molar-refractivity contribution in [3.8, 4) is 11.1 Å². The van der Waals surface area contributed by atoms with Crippen molar-refractivity contribution in [1.82, 2.24) is 9.88 Å². The third kappa shape index (κ3) is 4.90. The highest BCUT2D eigenvalue weighted by Gasteiger charge is 2.25. The van der Waals surface area contributed by atoms with Gasteiger partial charge in [-0.3, -0.25) is 9.59 Å². The first-order valence-corrected chi connectivity index (χ1v) is 11.5. The molecule has 5 rings (SSSR count). The average molecular weight is 495 g/mol. The molecule has 8 nitrogen and oxygen atoms in total. The number of nitrogens with one attached hydrogen (secondary N) is 1. The number of benzene rings is 3. The van der Waals surface area contributed by atoms with E-state index in [2.05, 4.69) is 5.32 Å². The van der Waals surface area contributed by atoms with Crippen LogP contribution in [-0.2, 0) is 25.6 Å². The van der Waals surface area contributed by atoms with Crippen molar-refractivity contribution in [3.05, 3.63) is 107 Å². The maximum atomic E-state index is 13.1. The minimum atomic E-state index is -0.882. The third-order valence-corrected chi connectivity index (χ3v) is 6.10. The van der Waals surface area contributed by atoms with Crippen LogP contribution in [0.1, 0.15) is 26.3 Å². The van der Waals surface area contributed by atoms with E-state index >= 15 is 0 Å². The second kappa shape index (κ2) is 9.94. The molecule has 0 spiro atoms. The summed E-state index contributed by atoms with van der Waals surface area (Å²) in [6.07, 6.45) is 2.74. The summed E-state index contributed by atoms with van der Waals surface area (Å²) >= 11 is 0. The maximum absolute atomic E-state index is 13.1. The van der Waals surface area contributed by atoms with E-state index in [1.807, 2.05) is 59.2 Å². The molecule has 0 aliphatic carbocycles. The number of nitrogens with zero attached hydrogens (tertiary/aromatic N) is 1. The summed E-state index contributed by atoms with van der Waals surface area (Å²) in [6.45, 7) is 0.305. The van der Waals surface area contributed by atoms with Gasteiger partial charge in [-0.25, -0.2) is 9.59 Å². The predicted molar refractivity (Wildman–Crippen MR) is 136 cm³/mol. The molecule has 3 aromatic carbocycles. The molecule has 0 bridgehead atoms. The molecule has 0 saturated heterocycles. The van der Waals surface area contributed by atoms with Gasteiger partial charge in [-0.05, 0) is 28.8 Å². The SMILES string of the molecule is COC(=O)c1ccc2c(C(=O)C(=O)NC3=CC(=O)OC3)cn(Cc3ccc(-c4ccccc4)cc3)c2c1. The number of carbonyl (C=O) groups is 4. The first kappa shape index (κ1) is 23.7. The Morgan fingerprint density at radius 1 is 0.973 bits per heavy atom. The number of cyclic esters (lactones) is 1. The van der Waals surface area contributed by atoms with Crippen LogP contribution in [0.15, 0.2) is 90.8 Å². The van der Waals surface area contributed by atoms with Gasteiger partial charge in [-0.2, -0.15) is 0 Å². The van der Waals surface area contributed by atoms with Gasteiger partial charge >= 0.3 is 11.9 Å². The summed E-state index contributed by atoms with van der Waals surface area (Å²) in [6, 6.07) is 22.9. The highest BCUT2D eigenvalue weighted by atomic mass is 16.5. The molecule has 1 aromatic heterocycles. The van der Waals surface area contributed by atoms with Crippen molar-refractivity contribution in [1.29, 1.82) is 0 Å². The quantitative estimate of drug-likeness (QED) is 0.238. The van der Waals surface area contributed by atoms with Crippen LogP contribution < -0.4 is 5.32 Å². The van der Waals surface area contributed by atoms with Crippen LogP contribution in [-0.4, -0.2) is 41.9 Å². The number of amides is 1. The lowest BCUT2D eigenvalue weighted by Crippen LogP contribution is -2.31. The zero-order valence-electron chi connectivity index (χ0n) is 19.9. The molecule has 1 aliphatic heterocycles. The second-order valence-electron chi connectivity index (χ2n) is 8.52. The van der Waals surface area contributed by atoms with Crippen LogP contribution in [0, 0.1) is 0 Å². The Kier molecular flexibility index (Phi) is 6.38. The van der Waals surface area contributed by atoms with Gasteiger partial charge in [-0.15, -0.1) is 0 Å². The number of rotatable bonds is 7. The van der Waals surface area contributed by atoms with E-state index in [0.717, 1.165) is 22.8 Å². The summed E-state index contributed by atoms with van der Waals surface area (Å²) in [5.41, 5.74) is 4.47. The Labute approximate surface area is 212 Å². The second-order valence-corrected chi connectivity index (χ2v) is 8.52. The molecule has 4 aromatic rings. The molecule has 1 aliphatic rings. The Balaban J connectivity index is 1.48. The van der Waals surface area contributed by atoms with Crippen LogP contribution >= 0.6 is 0 Å². The van der Waals surface area contributed by atoms with Crippen molar-refractivity contribution >= 4 is 34.5 Å². The van der Waals surface area contributed by atoms with Gasteiger partial charge in [0.2, 0.25) is 0 Å². The minimum Gasteiger partial charge on any atom is -0.465 e. The Morgan fingerprint density at radius 2 is 1.70 bits per heavy atom. The molecule has 1 N–H and O–H groups in total. The monoisotopic (exact) mass is 494 g/mol. The fourth-order valence-corrected chi connectivity index (χ4v) is 4.25. The van der Waals surface area contributed by atoms with Gasteiger partial charge in [0.05, 0.1) is 23.9 Å². The lowest BCUT2D eigenvalue weighted by atomic mass is 10.0. The molecule has 0 saturated carbocycles. The topological polar surface area (TPSA) is 104 Å². The standard InChI is InChI=1S/C29H22N2O6/c1-36-29(35)21-11-12-23-24(27(33)28(34)30-22-14-26(32)37-17-22)16-31(25(23)13-21)15-18-7-9-20(10-8-18)19-5-3-2-4-6-19/h2-14,16H,15,17H2,1H3,(H,30,34). The van der Waals surface area contributed by atoms with Gasteiger partial charge < -0.3 is 19.4 Å². The van der Waals surface area contributed by atoms with Crippen LogP contribution in [0.2, 0.25) is 0 Å². The molecule has 1 amide bonds. The number of esters is 2. The maximum Gasteiger partial charge on any atom is 0.337 e. The Hall–Kier alpha value is -4.98. The highest BCUT2D eigenvalue weighted by Crippen LogP contribution is 2.26. The van der Waals surface area contributed by atoms with E-state index in [1.54, 1.807) is 24.4 Å². The number of carbonyl (C=O) groups excluding carboxylic acids is 4. The normalized spacial score (nSPS) is 12.7. The zero-order chi connectivity index (χ0) is 25.9. The molecular formula is C29H22N2O6. The molecule has 0 fully saturated rings. The lowest BCUT2D eigenvalue weighted by molar-refractivity contribution is -0.135. The number of ether oxygens (including phenoxy) is 2. The fraction of sp³-hybridized carbons (Fsp3) is 0.103. The number of ketones is 1. The molecule has 8 heteroatoms. The van der Waals surface area contributed by atoms with Crippen molar-refractivity contribution in [2.24, 2.45) is 0 Å². The third-order valence-electron chi connectivity index (χ3n) is 6.10. The fourth-order valence-electron chi connectivity index (χ4n) is 4.25. The molecule has 2 heterocycles. The minimum absolute atomic E-state index is 0.0962. The molecule has 0 unspecified atom stereocenters. The molecular weight excluding hydrogens is 472 g/mol. The number of fused-ring (bicyclic) bond motifs is 1. The van der Waals surface area contributed by atoms with Crippen LogP contribution in [0.25, 0.3) is 22.0 Å². The van der Waals surface area contributed by atoms with Gasteiger partial charge in [0.1, 0.15) is 6.61 Å². The Bertz CT molecular complexity index is 1570. The van der Waals surface area contributed by atoms with Gasteiger partial charge in [-0.1, -0.05) is 60.7 Å². The summed E-state index contributed by atoms with van der Waals surface area (Å²) in [7, 11) is 1.30. The lowest BCUT2D eigenvalue weighted by Gasteiger charge is -2.08. The van der Waals surface area contributed by atoms with Crippen molar-refractivity contribution in [2.75, 3.05) is 13.7 Å². The van der Waals surface area contributed by atoms with Gasteiger partial charge in [0, 0.05) is 29.7 Å². The smallest absolute Gasteiger partial charge is 0.337 e. The van der Waals surface area contributed by atoms with Crippen molar-refractivity contribution < 1.29 is 28.7 Å². The number of methoxy groups -OCH3 is 1. The molecule has 184 valence electrons. The zero-order valence-corrected chi connectivity index (χ0v) is 19.9. The highest BCUT2D eigenvalue weighted by molar-refractivity contribution is 6.45. The van der Waals surface area contributed by atoms with Crippen molar-refractivity contribution in [3.63, 3.8) is 0 Å². The molecule has 0 radical (unpaired) electrons. The van der Waals surface area contributed by atoms with Gasteiger partial charge in [0.25, 0.3) is 11.7 Å². The van der Waals surface area contributed by atoms with E-state index in [4.69, 9.17) is 9.47 Å². The number of hydrogen-bond acceptors (Lipinski definition) is 6. The van der Waals surface area contributed by atoms with E-state index in [1.165, 1.54) is 7.11 Å². The summed E-state index contributed by atoms with van der Waals surface area (Å²) < 4.78 is 11.4. The summed E-state index contributed by atoms with van der Waals surface area (Å²) in [5.74, 6) is -2.74. The van der Waals surface area contributed by atoms with Crippen LogP contribution in [0.5, 0.6) is 0 Å². The van der Waals surface area contributed by atoms with E-state index in [-0.39, 0.29) is 17.9 Å². The first-order chi connectivity index (χ1) is 17.9. The van der Waals surface area contributed by atoms with Crippen LogP contribution in [0.3, 0.4) is 0 Å². The predicted octanol–water partition coefficient (Wildman–Crippen LogP) is 3.88. The van der Waals surface area contributed by atoms with E-state index < -0.39 is 23.6 Å². The van der Waals surface area contributed by atoms with E-state index in [0.29, 0.717) is 23.0 Å². The summed E-state index contributed by atoms with van der Waals surface area (Å²) in [5, 5.41) is 2.95. The Morgan fingerprint density at radius 3 is 2.38 bits per heavy atom. The number of aromatic nitrogens is 1. The average Bonchev–Trinajstić information content (AvgIpc) is 3.51. The van der Waals surface area contributed by atoms with E-state index in [9.17, 15) is 19.2 Å². The summed E-state index contributed by atoms with van der Waals surface area (Å²) in [4.78, 5) is 49.2. The van der Waals surface area contributed by atoms with Gasteiger partial charge in [0.15, 0.2) is 0 Å².